The van der Waals surface area contributed by atoms with Crippen molar-refractivity contribution in [3.63, 3.8) is 0 Å². The monoisotopic (exact) mass is 1010 g/mol. The predicted molar refractivity (Wildman–Crippen MR) is 323 cm³/mol. The molecule has 0 fully saturated rings. The van der Waals surface area contributed by atoms with Gasteiger partial charge in [0.15, 0.2) is 36.9 Å². The largest absolute Gasteiger partial charge is 0.308 e. The van der Waals surface area contributed by atoms with Gasteiger partial charge in [0.25, 0.3) is 0 Å². The topological polar surface area (TPSA) is 52.3 Å². The van der Waals surface area contributed by atoms with Crippen LogP contribution in [0.4, 0.5) is 11.4 Å². The van der Waals surface area contributed by atoms with E-state index in [0.29, 0.717) is 28.8 Å². The first-order valence-corrected chi connectivity index (χ1v) is 27.9. The summed E-state index contributed by atoms with van der Waals surface area (Å²) in [6, 6.07) is 97.6. The summed E-state index contributed by atoms with van der Waals surface area (Å²) in [4.78, 5) is 23.8. The van der Waals surface area contributed by atoms with Gasteiger partial charge in [-0.25, -0.2) is 24.6 Å². The van der Waals surface area contributed by atoms with Crippen molar-refractivity contribution in [3.05, 3.63) is 302 Å². The van der Waals surface area contributed by atoms with Crippen LogP contribution in [0.2, 0.25) is 0 Å². The summed E-state index contributed by atoms with van der Waals surface area (Å²) in [6.07, 6.45) is 0. The number of nitrogens with zero attached hydrogens (tertiary/aromatic N) is 6. The lowest BCUT2D eigenvalue weighted by Crippen LogP contribution is -2.74. The van der Waals surface area contributed by atoms with Gasteiger partial charge in [0.1, 0.15) is 0 Å². The molecule has 0 atom stereocenters. The minimum Gasteiger partial charge on any atom is -0.308 e. The van der Waals surface area contributed by atoms with Crippen LogP contribution in [0.25, 0.3) is 105 Å². The molecule has 0 aliphatic rings. The molecule has 0 radical (unpaired) electrons. The SMILES string of the molecule is [C-]#[N+]c1ccccc1-c1ccc2c(c1)c1cc(-c3ccccc3[N+]#[C-])ccc1n2-c1ccc(-c2cccc([Si](c3ccccc3)(c3ccccc3)c3ccccc3)c2)cc1-c1nc(-c2ccccc2)nc(-c2ccccc2)n1. The summed E-state index contributed by atoms with van der Waals surface area (Å²) in [7, 11) is -2.89. The molecule has 11 aromatic carbocycles. The molecule has 6 nitrogen and oxygen atoms in total. The highest BCUT2D eigenvalue weighted by Crippen LogP contribution is 2.43. The van der Waals surface area contributed by atoms with Crippen molar-refractivity contribution in [2.24, 2.45) is 0 Å². The zero-order chi connectivity index (χ0) is 52.4. The van der Waals surface area contributed by atoms with Crippen LogP contribution in [0.3, 0.4) is 0 Å². The Bertz CT molecular complexity index is 4180. The van der Waals surface area contributed by atoms with Crippen LogP contribution in [0.1, 0.15) is 0 Å². The van der Waals surface area contributed by atoms with Gasteiger partial charge < -0.3 is 4.57 Å². The fourth-order valence-electron chi connectivity index (χ4n) is 11.3. The number of hydrogen-bond donors (Lipinski definition) is 0. The van der Waals surface area contributed by atoms with Gasteiger partial charge >= 0.3 is 0 Å². The van der Waals surface area contributed by atoms with Crippen LogP contribution in [0, 0.1) is 13.1 Å². The molecule has 0 aliphatic carbocycles. The van der Waals surface area contributed by atoms with Gasteiger partial charge in [-0.1, -0.05) is 243 Å². The van der Waals surface area contributed by atoms with E-state index in [-0.39, 0.29) is 0 Å². The summed E-state index contributed by atoms with van der Waals surface area (Å²) in [5, 5.41) is 7.17. The van der Waals surface area contributed by atoms with Crippen LogP contribution in [-0.4, -0.2) is 27.6 Å². The predicted octanol–water partition coefficient (Wildman–Crippen LogP) is 15.4. The van der Waals surface area contributed by atoms with Crippen molar-refractivity contribution < 1.29 is 0 Å². The number of para-hydroxylation sites is 2. The second-order valence-corrected chi connectivity index (χ2v) is 23.1. The molecule has 0 N–H and O–H groups in total. The van der Waals surface area contributed by atoms with Gasteiger partial charge in [0, 0.05) is 27.5 Å². The number of benzene rings is 11. The van der Waals surface area contributed by atoms with E-state index in [2.05, 4.69) is 184 Å². The molecule has 2 heterocycles. The Labute approximate surface area is 454 Å². The van der Waals surface area contributed by atoms with Crippen molar-refractivity contribution >= 4 is 62.0 Å². The summed E-state index contributed by atoms with van der Waals surface area (Å²) >= 11 is 0. The maximum absolute atomic E-state index is 8.07. The average Bonchev–Trinajstić information content (AvgIpc) is 4.06. The van der Waals surface area contributed by atoms with Crippen molar-refractivity contribution in [2.75, 3.05) is 0 Å². The second kappa shape index (κ2) is 20.3. The maximum Gasteiger partial charge on any atom is 0.194 e. The fraction of sp³-hybridized carbons (Fsp3) is 0. The maximum atomic E-state index is 8.07. The molecule has 2 aromatic heterocycles. The Kier molecular flexibility index (Phi) is 12.3. The lowest BCUT2D eigenvalue weighted by Gasteiger charge is -2.34. The van der Waals surface area contributed by atoms with Gasteiger partial charge in [-0.05, 0) is 90.5 Å². The third-order valence-electron chi connectivity index (χ3n) is 14.9. The average molecular weight is 1010 g/mol. The first-order chi connectivity index (χ1) is 38.6. The van der Waals surface area contributed by atoms with Gasteiger partial charge in [-0.2, -0.15) is 0 Å². The molecule has 13 rings (SSSR count). The standard InChI is InChI=1S/C71H46N6Si/c1-72-64-37-20-18-35-59(64)53-40-43-66-61(47-53)62-48-54(60-36-19-21-38-65(60)73-2)41-44-67(62)77(66)68-42-39-52(46-63(68)71-75-69(49-23-8-3-9-24-49)74-70(76-71)50-25-10-4-11-26-50)51-27-22-34-58(45-51)78(55-28-12-5-13-29-55,56-30-14-6-15-31-56)57-32-16-7-17-33-57/h3-48H. The highest BCUT2D eigenvalue weighted by Gasteiger charge is 2.41. The zero-order valence-corrected chi connectivity index (χ0v) is 43.2. The van der Waals surface area contributed by atoms with E-state index in [0.717, 1.165) is 77.6 Å². The smallest absolute Gasteiger partial charge is 0.194 e. The second-order valence-electron chi connectivity index (χ2n) is 19.3. The Hall–Kier alpha value is -10.6. The fourth-order valence-corrected chi connectivity index (χ4v) is 16.1. The van der Waals surface area contributed by atoms with E-state index in [9.17, 15) is 0 Å². The lowest BCUT2D eigenvalue weighted by molar-refractivity contribution is 1.06. The van der Waals surface area contributed by atoms with Crippen LogP contribution in [0.5, 0.6) is 0 Å². The Balaban J connectivity index is 1.10. The van der Waals surface area contributed by atoms with Crippen LogP contribution >= 0.6 is 0 Å². The van der Waals surface area contributed by atoms with Crippen molar-refractivity contribution in [3.8, 4) is 73.2 Å². The third-order valence-corrected chi connectivity index (χ3v) is 19.6. The van der Waals surface area contributed by atoms with Crippen LogP contribution < -0.4 is 20.7 Å². The van der Waals surface area contributed by atoms with E-state index >= 15 is 0 Å². The molecule has 7 heteroatoms. The molecule has 0 saturated heterocycles. The molecular formula is C71H46N6Si. The molecule has 0 amide bonds. The first kappa shape index (κ1) is 47.2. The van der Waals surface area contributed by atoms with E-state index in [1.165, 1.54) is 20.7 Å². The lowest BCUT2D eigenvalue weighted by atomic mass is 9.99. The molecule has 0 spiro atoms. The third kappa shape index (κ3) is 8.34. The molecule has 0 unspecified atom stereocenters. The first-order valence-electron chi connectivity index (χ1n) is 25.9. The normalized spacial score (nSPS) is 11.3. The molecule has 0 aliphatic heterocycles. The summed E-state index contributed by atoms with van der Waals surface area (Å²) < 4.78 is 2.32. The zero-order valence-electron chi connectivity index (χ0n) is 42.2. The minimum atomic E-state index is -2.89. The molecule has 364 valence electrons. The molecular weight excluding hydrogens is 965 g/mol. The van der Waals surface area contributed by atoms with Gasteiger partial charge in [-0.3, -0.25) is 0 Å². The minimum absolute atomic E-state index is 0.525. The van der Waals surface area contributed by atoms with Gasteiger partial charge in [0.05, 0.1) is 29.9 Å². The van der Waals surface area contributed by atoms with E-state index in [4.69, 9.17) is 28.1 Å². The number of rotatable bonds is 11. The van der Waals surface area contributed by atoms with E-state index in [1.54, 1.807) is 0 Å². The van der Waals surface area contributed by atoms with E-state index in [1.807, 2.05) is 109 Å². The van der Waals surface area contributed by atoms with Crippen LogP contribution in [0.15, 0.2) is 279 Å². The van der Waals surface area contributed by atoms with Crippen molar-refractivity contribution in [2.45, 2.75) is 0 Å². The number of aromatic nitrogens is 4. The molecule has 0 bridgehead atoms. The van der Waals surface area contributed by atoms with Crippen molar-refractivity contribution in [1.82, 2.24) is 19.5 Å². The molecule has 78 heavy (non-hydrogen) atoms. The van der Waals surface area contributed by atoms with Crippen LogP contribution in [-0.2, 0) is 0 Å². The Morgan fingerprint density at radius 1 is 0.295 bits per heavy atom. The Morgan fingerprint density at radius 3 is 1.15 bits per heavy atom. The summed E-state index contributed by atoms with van der Waals surface area (Å²) in [5.74, 6) is 1.66. The summed E-state index contributed by atoms with van der Waals surface area (Å²) in [6.45, 7) is 16.1. The molecule has 13 aromatic rings. The quantitative estimate of drug-likeness (QED) is 0.0737. The summed E-state index contributed by atoms with van der Waals surface area (Å²) in [5.41, 5.74) is 12.2. The number of hydrogen-bond acceptors (Lipinski definition) is 3. The Morgan fingerprint density at radius 2 is 0.679 bits per heavy atom. The number of fused-ring (bicyclic) bond motifs is 3. The van der Waals surface area contributed by atoms with Crippen molar-refractivity contribution in [1.29, 1.82) is 0 Å². The van der Waals surface area contributed by atoms with Gasteiger partial charge in [0.2, 0.25) is 0 Å². The highest BCUT2D eigenvalue weighted by molar-refractivity contribution is 7.19. The van der Waals surface area contributed by atoms with E-state index < -0.39 is 8.07 Å². The molecule has 0 saturated carbocycles. The highest BCUT2D eigenvalue weighted by atomic mass is 28.3. The van der Waals surface area contributed by atoms with Gasteiger partial charge in [-0.15, -0.1) is 0 Å².